The lowest BCUT2D eigenvalue weighted by molar-refractivity contribution is -0.119. The van der Waals surface area contributed by atoms with Crippen LogP contribution in [-0.2, 0) is 9.59 Å². The number of nitrogens with one attached hydrogen (secondary N) is 1. The predicted octanol–water partition coefficient (Wildman–Crippen LogP) is 2.24. The molecule has 0 aliphatic carbocycles. The molecule has 7 nitrogen and oxygen atoms in total. The summed E-state index contributed by atoms with van der Waals surface area (Å²) in [5.74, 6) is -1.57. The number of halogens is 2. The van der Waals surface area contributed by atoms with Crippen molar-refractivity contribution in [2.75, 3.05) is 10.3 Å². The number of anilines is 2. The summed E-state index contributed by atoms with van der Waals surface area (Å²) in [5, 5.41) is 8.48. The number of amides is 2. The average molecular weight is 376 g/mol. The Hall–Kier alpha value is -3.00. The van der Waals surface area contributed by atoms with Gasteiger partial charge in [-0.2, -0.15) is 5.10 Å². The van der Waals surface area contributed by atoms with Crippen molar-refractivity contribution in [1.29, 1.82) is 0 Å². The molecule has 9 heteroatoms. The standard InChI is InChI=1S/C17H15ClFN5O2/c1-9-15(18)12(6-7-21-9)22-17(26)13-8-14(16(20)25)24(23-13)11-4-2-10(19)3-5-11/h2-7,14H,8H2,1H3,(H2,20,25)(H,21,22,26). The van der Waals surface area contributed by atoms with E-state index < -0.39 is 23.7 Å². The maximum absolute atomic E-state index is 13.1. The Morgan fingerprint density at radius 2 is 2.00 bits per heavy atom. The third kappa shape index (κ3) is 3.50. The molecule has 0 radical (unpaired) electrons. The van der Waals surface area contributed by atoms with Crippen LogP contribution < -0.4 is 16.1 Å². The molecule has 0 saturated heterocycles. The molecule has 0 fully saturated rings. The molecule has 0 spiro atoms. The van der Waals surface area contributed by atoms with Gasteiger partial charge in [-0.25, -0.2) is 4.39 Å². The van der Waals surface area contributed by atoms with Gasteiger partial charge in [-0.3, -0.25) is 19.6 Å². The van der Waals surface area contributed by atoms with Gasteiger partial charge in [-0.05, 0) is 37.3 Å². The van der Waals surface area contributed by atoms with E-state index in [0.29, 0.717) is 22.1 Å². The van der Waals surface area contributed by atoms with E-state index >= 15 is 0 Å². The third-order valence-corrected chi connectivity index (χ3v) is 4.38. The van der Waals surface area contributed by atoms with Gasteiger partial charge in [0.15, 0.2) is 0 Å². The van der Waals surface area contributed by atoms with E-state index in [1.807, 2.05) is 0 Å². The van der Waals surface area contributed by atoms with Gasteiger partial charge in [0.1, 0.15) is 17.6 Å². The molecule has 3 N–H and O–H groups in total. The first-order chi connectivity index (χ1) is 12.4. The molecule has 1 atom stereocenters. The minimum atomic E-state index is -0.837. The Balaban J connectivity index is 1.86. The number of hydrazone groups is 1. The summed E-state index contributed by atoms with van der Waals surface area (Å²) in [6.45, 7) is 1.71. The maximum atomic E-state index is 13.1. The van der Waals surface area contributed by atoms with Gasteiger partial charge in [-0.15, -0.1) is 0 Å². The zero-order chi connectivity index (χ0) is 18.8. The number of carbonyl (C=O) groups is 2. The summed E-state index contributed by atoms with van der Waals surface area (Å²) in [5.41, 5.74) is 6.96. The van der Waals surface area contributed by atoms with E-state index in [0.717, 1.165) is 0 Å². The van der Waals surface area contributed by atoms with Crippen molar-refractivity contribution in [2.45, 2.75) is 19.4 Å². The number of pyridine rings is 1. The molecular formula is C17H15ClFN5O2. The smallest absolute Gasteiger partial charge is 0.272 e. The minimum absolute atomic E-state index is 0.0280. The summed E-state index contributed by atoms with van der Waals surface area (Å²) in [6, 6.07) is 6.11. The zero-order valence-electron chi connectivity index (χ0n) is 13.7. The van der Waals surface area contributed by atoms with Gasteiger partial charge >= 0.3 is 0 Å². The molecule has 3 rings (SSSR count). The van der Waals surface area contributed by atoms with Crippen molar-refractivity contribution < 1.29 is 14.0 Å². The topological polar surface area (TPSA) is 101 Å². The molecule has 0 saturated carbocycles. The van der Waals surface area contributed by atoms with E-state index in [2.05, 4.69) is 15.4 Å². The number of aryl methyl sites for hydroxylation is 1. The number of nitrogens with two attached hydrogens (primary N) is 1. The van der Waals surface area contributed by atoms with E-state index in [1.54, 1.807) is 13.0 Å². The zero-order valence-corrected chi connectivity index (χ0v) is 14.5. The molecule has 1 aromatic carbocycles. The Morgan fingerprint density at radius 3 is 2.65 bits per heavy atom. The highest BCUT2D eigenvalue weighted by Gasteiger charge is 2.35. The largest absolute Gasteiger partial charge is 0.368 e. The molecule has 1 unspecified atom stereocenters. The van der Waals surface area contributed by atoms with Crippen LogP contribution in [0.1, 0.15) is 12.1 Å². The van der Waals surface area contributed by atoms with Crippen LogP contribution in [0.3, 0.4) is 0 Å². The second-order valence-electron chi connectivity index (χ2n) is 5.70. The maximum Gasteiger partial charge on any atom is 0.272 e. The number of nitrogens with zero attached hydrogens (tertiary/aromatic N) is 3. The normalized spacial score (nSPS) is 16.3. The highest BCUT2D eigenvalue weighted by Crippen LogP contribution is 2.27. The Kier molecular flexibility index (Phi) is 4.85. The lowest BCUT2D eigenvalue weighted by Gasteiger charge is -2.20. The number of primary amides is 1. The molecule has 26 heavy (non-hydrogen) atoms. The monoisotopic (exact) mass is 375 g/mol. The van der Waals surface area contributed by atoms with Gasteiger partial charge in [0.2, 0.25) is 5.91 Å². The number of hydrogen-bond donors (Lipinski definition) is 2. The van der Waals surface area contributed by atoms with Crippen LogP contribution in [0, 0.1) is 12.7 Å². The molecule has 0 bridgehead atoms. The first-order valence-electron chi connectivity index (χ1n) is 7.71. The van der Waals surface area contributed by atoms with Gasteiger partial charge in [0.05, 0.1) is 22.1 Å². The van der Waals surface area contributed by atoms with Crippen LogP contribution in [-0.4, -0.2) is 28.6 Å². The predicted molar refractivity (Wildman–Crippen MR) is 96.5 cm³/mol. The van der Waals surface area contributed by atoms with Crippen molar-refractivity contribution in [1.82, 2.24) is 4.98 Å². The van der Waals surface area contributed by atoms with Crippen LogP contribution in [0.25, 0.3) is 0 Å². The summed E-state index contributed by atoms with van der Waals surface area (Å²) < 4.78 is 13.1. The number of aromatic nitrogens is 1. The molecule has 2 aromatic rings. The molecular weight excluding hydrogens is 361 g/mol. The minimum Gasteiger partial charge on any atom is -0.368 e. The Labute approximate surface area is 153 Å². The Bertz CT molecular complexity index is 901. The molecule has 1 aliphatic heterocycles. The molecule has 1 aliphatic rings. The van der Waals surface area contributed by atoms with Gasteiger partial charge < -0.3 is 11.1 Å². The molecule has 2 heterocycles. The van der Waals surface area contributed by atoms with Gasteiger partial charge in [-0.1, -0.05) is 11.6 Å². The quantitative estimate of drug-likeness (QED) is 0.855. The van der Waals surface area contributed by atoms with Crippen LogP contribution in [0.5, 0.6) is 0 Å². The first-order valence-corrected chi connectivity index (χ1v) is 8.08. The molecule has 134 valence electrons. The van der Waals surface area contributed by atoms with Crippen LogP contribution in [0.15, 0.2) is 41.6 Å². The summed E-state index contributed by atoms with van der Waals surface area (Å²) in [6.07, 6.45) is 1.55. The fraction of sp³-hybridized carbons (Fsp3) is 0.176. The van der Waals surface area contributed by atoms with Crippen molar-refractivity contribution >= 4 is 40.5 Å². The van der Waals surface area contributed by atoms with Crippen molar-refractivity contribution in [3.8, 4) is 0 Å². The third-order valence-electron chi connectivity index (χ3n) is 3.90. The van der Waals surface area contributed by atoms with Crippen LogP contribution >= 0.6 is 11.6 Å². The van der Waals surface area contributed by atoms with E-state index in [1.165, 1.54) is 35.5 Å². The van der Waals surface area contributed by atoms with Crippen LogP contribution in [0.4, 0.5) is 15.8 Å². The lowest BCUT2D eigenvalue weighted by atomic mass is 10.1. The van der Waals surface area contributed by atoms with Crippen molar-refractivity contribution in [3.05, 3.63) is 53.1 Å². The first kappa shape index (κ1) is 17.8. The highest BCUT2D eigenvalue weighted by atomic mass is 35.5. The summed E-state index contributed by atoms with van der Waals surface area (Å²) in [7, 11) is 0. The molecule has 1 aromatic heterocycles. The van der Waals surface area contributed by atoms with Gasteiger partial charge in [0, 0.05) is 12.6 Å². The van der Waals surface area contributed by atoms with Gasteiger partial charge in [0.25, 0.3) is 5.91 Å². The Morgan fingerprint density at radius 1 is 1.31 bits per heavy atom. The molecule has 2 amide bonds. The second kappa shape index (κ2) is 7.09. The number of carbonyl (C=O) groups excluding carboxylic acids is 2. The second-order valence-corrected chi connectivity index (χ2v) is 6.08. The van der Waals surface area contributed by atoms with E-state index in [-0.39, 0.29) is 12.1 Å². The van der Waals surface area contributed by atoms with Crippen molar-refractivity contribution in [2.24, 2.45) is 10.8 Å². The van der Waals surface area contributed by atoms with E-state index in [4.69, 9.17) is 17.3 Å². The SMILES string of the molecule is Cc1nccc(NC(=O)C2=NN(c3ccc(F)cc3)C(C(N)=O)C2)c1Cl. The number of hydrogen-bond acceptors (Lipinski definition) is 5. The number of benzene rings is 1. The summed E-state index contributed by atoms with van der Waals surface area (Å²) in [4.78, 5) is 28.3. The fourth-order valence-electron chi connectivity index (χ4n) is 2.54. The number of rotatable bonds is 4. The van der Waals surface area contributed by atoms with E-state index in [9.17, 15) is 14.0 Å². The average Bonchev–Trinajstić information content (AvgIpc) is 3.05. The van der Waals surface area contributed by atoms with Crippen LogP contribution in [0.2, 0.25) is 5.02 Å². The van der Waals surface area contributed by atoms with Crippen molar-refractivity contribution in [3.63, 3.8) is 0 Å². The summed E-state index contributed by atoms with van der Waals surface area (Å²) >= 11 is 6.13. The lowest BCUT2D eigenvalue weighted by Crippen LogP contribution is -2.39. The highest BCUT2D eigenvalue weighted by molar-refractivity contribution is 6.45. The fourth-order valence-corrected chi connectivity index (χ4v) is 2.70.